The van der Waals surface area contributed by atoms with Crippen LogP contribution in [0.2, 0.25) is 0 Å². The van der Waals surface area contributed by atoms with Crippen molar-refractivity contribution in [2.75, 3.05) is 18.0 Å². The second-order valence-corrected chi connectivity index (χ2v) is 8.72. The zero-order valence-electron chi connectivity index (χ0n) is 18.1. The average molecular weight is 427 g/mol. The van der Waals surface area contributed by atoms with E-state index < -0.39 is 0 Å². The normalized spacial score (nSPS) is 16.4. The van der Waals surface area contributed by atoms with E-state index >= 15 is 0 Å². The molecule has 0 bridgehead atoms. The molecule has 0 amide bonds. The molecule has 3 aromatic rings. The minimum Gasteiger partial charge on any atom is -0.355 e. The first kappa shape index (κ1) is 20.4. The topological polar surface area (TPSA) is 87.7 Å². The van der Waals surface area contributed by atoms with E-state index in [1.54, 1.807) is 29.4 Å². The van der Waals surface area contributed by atoms with Crippen molar-refractivity contribution < 1.29 is 0 Å². The van der Waals surface area contributed by atoms with Gasteiger partial charge in [0.25, 0.3) is 5.56 Å². The lowest BCUT2D eigenvalue weighted by atomic mass is 9.93. The maximum absolute atomic E-state index is 12.6. The molecule has 0 radical (unpaired) electrons. The molecule has 0 saturated carbocycles. The minimum atomic E-state index is -0.0302. The van der Waals surface area contributed by atoms with E-state index in [2.05, 4.69) is 27.0 Å². The summed E-state index contributed by atoms with van der Waals surface area (Å²) in [5.74, 6) is 1.24. The molecule has 0 atom stereocenters. The van der Waals surface area contributed by atoms with Gasteiger partial charge in [-0.1, -0.05) is 0 Å². The fourth-order valence-corrected chi connectivity index (χ4v) is 4.80. The molecular weight excluding hydrogens is 400 g/mol. The predicted molar refractivity (Wildman–Crippen MR) is 122 cm³/mol. The molecule has 0 N–H and O–H groups in total. The van der Waals surface area contributed by atoms with Gasteiger partial charge >= 0.3 is 0 Å². The Balaban J connectivity index is 1.26. The van der Waals surface area contributed by atoms with Crippen LogP contribution in [0.15, 0.2) is 47.8 Å². The summed E-state index contributed by atoms with van der Waals surface area (Å²) < 4.78 is 1.71. The molecule has 2 aliphatic rings. The maximum Gasteiger partial charge on any atom is 0.253 e. The van der Waals surface area contributed by atoms with Crippen LogP contribution in [0.25, 0.3) is 11.3 Å². The summed E-state index contributed by atoms with van der Waals surface area (Å²) in [6.07, 6.45) is 11.4. The molecule has 162 valence electrons. The van der Waals surface area contributed by atoms with Crippen molar-refractivity contribution in [3.63, 3.8) is 0 Å². The largest absolute Gasteiger partial charge is 0.355 e. The van der Waals surface area contributed by atoms with Crippen molar-refractivity contribution in [2.45, 2.75) is 45.1 Å². The lowest BCUT2D eigenvalue weighted by Gasteiger charge is -2.34. The fraction of sp³-hybridized carbons (Fsp3) is 0.400. The Hall–Kier alpha value is -3.53. The van der Waals surface area contributed by atoms with Gasteiger partial charge in [0.2, 0.25) is 0 Å². The zero-order chi connectivity index (χ0) is 21.9. The molecule has 7 heteroatoms. The van der Waals surface area contributed by atoms with E-state index in [1.165, 1.54) is 24.1 Å². The van der Waals surface area contributed by atoms with Crippen molar-refractivity contribution in [1.82, 2.24) is 19.5 Å². The van der Waals surface area contributed by atoms with E-state index in [4.69, 9.17) is 4.98 Å². The maximum atomic E-state index is 12.6. The number of piperidine rings is 1. The second-order valence-electron chi connectivity index (χ2n) is 8.72. The van der Waals surface area contributed by atoms with Gasteiger partial charge in [0, 0.05) is 49.4 Å². The van der Waals surface area contributed by atoms with Crippen LogP contribution in [0.3, 0.4) is 0 Å². The molecule has 0 aromatic carbocycles. The summed E-state index contributed by atoms with van der Waals surface area (Å²) in [6.45, 7) is 2.36. The molecule has 7 nitrogen and oxygen atoms in total. The highest BCUT2D eigenvalue weighted by Crippen LogP contribution is 2.29. The highest BCUT2D eigenvalue weighted by molar-refractivity contribution is 5.57. The van der Waals surface area contributed by atoms with Gasteiger partial charge in [0.1, 0.15) is 11.9 Å². The first-order valence-corrected chi connectivity index (χ1v) is 11.4. The van der Waals surface area contributed by atoms with Crippen LogP contribution in [-0.4, -0.2) is 32.6 Å². The SMILES string of the molecule is N#Cc1cc2c(nc1N1CCC(Cn3cnc(-c4ccncc4)cc3=O)CC1)CCCC2. The standard InChI is InChI=1S/C25H26N6O/c26-15-21-13-20-3-1-2-4-22(20)29-25(21)30-11-7-18(8-12-30)16-31-17-28-23(14-24(31)32)19-5-9-27-10-6-19/h5-6,9-10,13-14,17-18H,1-4,7-8,11-12,16H2. The lowest BCUT2D eigenvalue weighted by Crippen LogP contribution is -2.37. The number of rotatable bonds is 4. The number of pyridine rings is 2. The van der Waals surface area contributed by atoms with E-state index in [9.17, 15) is 10.1 Å². The van der Waals surface area contributed by atoms with Crippen LogP contribution in [0, 0.1) is 17.2 Å². The van der Waals surface area contributed by atoms with Crippen LogP contribution < -0.4 is 10.5 Å². The molecule has 0 spiro atoms. The van der Waals surface area contributed by atoms with Crippen molar-refractivity contribution >= 4 is 5.82 Å². The molecular formula is C25H26N6O. The number of aryl methyl sites for hydroxylation is 2. The first-order chi connectivity index (χ1) is 15.7. The number of anilines is 1. The number of fused-ring (bicyclic) bond motifs is 1. The summed E-state index contributed by atoms with van der Waals surface area (Å²) in [4.78, 5) is 28.3. The Morgan fingerprint density at radius 1 is 1.09 bits per heavy atom. The molecule has 32 heavy (non-hydrogen) atoms. The van der Waals surface area contributed by atoms with Gasteiger partial charge < -0.3 is 4.90 Å². The summed E-state index contributed by atoms with van der Waals surface area (Å²) in [7, 11) is 0. The lowest BCUT2D eigenvalue weighted by molar-refractivity contribution is 0.350. The second kappa shape index (κ2) is 8.91. The van der Waals surface area contributed by atoms with Crippen molar-refractivity contribution in [3.8, 4) is 17.3 Å². The van der Waals surface area contributed by atoms with Crippen molar-refractivity contribution in [2.24, 2.45) is 5.92 Å². The average Bonchev–Trinajstić information content (AvgIpc) is 2.85. The van der Waals surface area contributed by atoms with Crippen molar-refractivity contribution in [3.05, 3.63) is 70.2 Å². The monoisotopic (exact) mass is 426 g/mol. The van der Waals surface area contributed by atoms with Gasteiger partial charge in [-0.25, -0.2) is 9.97 Å². The van der Waals surface area contributed by atoms with Crippen molar-refractivity contribution in [1.29, 1.82) is 5.26 Å². The third kappa shape index (κ3) is 4.13. The number of nitriles is 1. The fourth-order valence-electron chi connectivity index (χ4n) is 4.80. The molecule has 1 saturated heterocycles. The van der Waals surface area contributed by atoms with Gasteiger partial charge in [0.05, 0.1) is 17.6 Å². The highest BCUT2D eigenvalue weighted by atomic mass is 16.1. The van der Waals surface area contributed by atoms with Crippen LogP contribution >= 0.6 is 0 Å². The van der Waals surface area contributed by atoms with Crippen LogP contribution in [0.4, 0.5) is 5.82 Å². The Morgan fingerprint density at radius 3 is 2.62 bits per heavy atom. The summed E-state index contributed by atoms with van der Waals surface area (Å²) >= 11 is 0. The van der Waals surface area contributed by atoms with Gasteiger partial charge in [-0.15, -0.1) is 0 Å². The van der Waals surface area contributed by atoms with Crippen LogP contribution in [0.5, 0.6) is 0 Å². The molecule has 0 unspecified atom stereocenters. The third-order valence-electron chi connectivity index (χ3n) is 6.63. The van der Waals surface area contributed by atoms with Crippen LogP contribution in [-0.2, 0) is 19.4 Å². The molecule has 4 heterocycles. The Kier molecular flexibility index (Phi) is 5.68. The smallest absolute Gasteiger partial charge is 0.253 e. The number of nitrogens with zero attached hydrogens (tertiary/aromatic N) is 6. The third-order valence-corrected chi connectivity index (χ3v) is 6.63. The zero-order valence-corrected chi connectivity index (χ0v) is 18.1. The number of aromatic nitrogens is 4. The molecule has 3 aromatic heterocycles. The minimum absolute atomic E-state index is 0.0302. The first-order valence-electron chi connectivity index (χ1n) is 11.4. The predicted octanol–water partition coefficient (Wildman–Crippen LogP) is 3.37. The Bertz CT molecular complexity index is 1210. The van der Waals surface area contributed by atoms with Crippen LogP contribution in [0.1, 0.15) is 42.5 Å². The number of hydrogen-bond acceptors (Lipinski definition) is 6. The van der Waals surface area contributed by atoms with E-state index in [1.807, 2.05) is 12.1 Å². The van der Waals surface area contributed by atoms with Gasteiger partial charge in [-0.2, -0.15) is 5.26 Å². The quantitative estimate of drug-likeness (QED) is 0.636. The highest BCUT2D eigenvalue weighted by Gasteiger charge is 2.24. The Morgan fingerprint density at radius 2 is 1.88 bits per heavy atom. The Labute approximate surface area is 187 Å². The summed E-state index contributed by atoms with van der Waals surface area (Å²) in [5.41, 5.74) is 4.63. The van der Waals surface area contributed by atoms with Gasteiger partial charge in [-0.3, -0.25) is 14.3 Å². The molecule has 1 aliphatic heterocycles. The van der Waals surface area contributed by atoms with Gasteiger partial charge in [0.15, 0.2) is 0 Å². The van der Waals surface area contributed by atoms with E-state index in [-0.39, 0.29) is 5.56 Å². The molecule has 5 rings (SSSR count). The van der Waals surface area contributed by atoms with E-state index in [0.29, 0.717) is 23.7 Å². The van der Waals surface area contributed by atoms with E-state index in [0.717, 1.165) is 50.2 Å². The summed E-state index contributed by atoms with van der Waals surface area (Å²) in [5, 5.41) is 9.67. The molecule has 1 aliphatic carbocycles. The molecule has 1 fully saturated rings. The van der Waals surface area contributed by atoms with Gasteiger partial charge in [-0.05, 0) is 68.2 Å². The number of hydrogen-bond donors (Lipinski definition) is 0. The summed E-state index contributed by atoms with van der Waals surface area (Å²) in [6, 6.07) is 9.72.